The summed E-state index contributed by atoms with van der Waals surface area (Å²) in [5, 5.41) is 5.59. The average molecular weight is 503 g/mol. The predicted octanol–water partition coefficient (Wildman–Crippen LogP) is 5.02. The van der Waals surface area contributed by atoms with Crippen molar-refractivity contribution in [2.24, 2.45) is 5.41 Å². The molecule has 7 rings (SSSR count). The molecule has 4 heterocycles. The Hall–Kier alpha value is -3.11. The SMILES string of the molecule is O=C(Nc1nc2ccc3scnc3c2s1)c1cc2ccccc2cc1OCCN1CC2(COC2)C1. The van der Waals surface area contributed by atoms with Crippen molar-refractivity contribution in [1.29, 1.82) is 0 Å². The van der Waals surface area contributed by atoms with Crippen LogP contribution in [-0.2, 0) is 4.74 Å². The van der Waals surface area contributed by atoms with E-state index < -0.39 is 0 Å². The molecule has 0 unspecified atom stereocenters. The molecule has 0 atom stereocenters. The Morgan fingerprint density at radius 1 is 1.14 bits per heavy atom. The van der Waals surface area contributed by atoms with E-state index in [1.807, 2.05) is 54.0 Å². The van der Waals surface area contributed by atoms with Crippen LogP contribution in [0.1, 0.15) is 10.4 Å². The first-order valence-electron chi connectivity index (χ1n) is 11.6. The third kappa shape index (κ3) is 3.75. The van der Waals surface area contributed by atoms with Gasteiger partial charge in [0.25, 0.3) is 5.91 Å². The maximum absolute atomic E-state index is 13.4. The number of rotatable bonds is 6. The van der Waals surface area contributed by atoms with E-state index in [2.05, 4.69) is 20.2 Å². The highest BCUT2D eigenvalue weighted by Gasteiger charge is 2.48. The number of aromatic nitrogens is 2. The second-order valence-corrected chi connectivity index (χ2v) is 11.2. The molecule has 0 bridgehead atoms. The van der Waals surface area contributed by atoms with E-state index >= 15 is 0 Å². The number of thiazole rings is 2. The van der Waals surface area contributed by atoms with E-state index in [1.54, 1.807) is 11.3 Å². The summed E-state index contributed by atoms with van der Waals surface area (Å²) in [5.74, 6) is 0.361. The third-order valence-corrected chi connectivity index (χ3v) is 8.56. The lowest BCUT2D eigenvalue weighted by molar-refractivity contribution is -0.189. The molecule has 9 heteroatoms. The summed E-state index contributed by atoms with van der Waals surface area (Å²) in [6.07, 6.45) is 0. The highest BCUT2D eigenvalue weighted by atomic mass is 32.1. The molecule has 1 spiro atoms. The largest absolute Gasteiger partial charge is 0.491 e. The number of fused-ring (bicyclic) bond motifs is 4. The van der Waals surface area contributed by atoms with Crippen LogP contribution < -0.4 is 10.1 Å². The highest BCUT2D eigenvalue weighted by molar-refractivity contribution is 7.24. The van der Waals surface area contributed by atoms with E-state index in [-0.39, 0.29) is 5.91 Å². The maximum Gasteiger partial charge on any atom is 0.261 e. The van der Waals surface area contributed by atoms with E-state index in [9.17, 15) is 4.79 Å². The van der Waals surface area contributed by atoms with Gasteiger partial charge in [-0.3, -0.25) is 15.0 Å². The number of hydrogen-bond acceptors (Lipinski definition) is 8. The van der Waals surface area contributed by atoms with Gasteiger partial charge in [-0.1, -0.05) is 35.6 Å². The van der Waals surface area contributed by atoms with Crippen molar-refractivity contribution >= 4 is 64.9 Å². The van der Waals surface area contributed by atoms with Gasteiger partial charge in [-0.25, -0.2) is 9.97 Å². The number of anilines is 1. The molecule has 2 aliphatic heterocycles. The van der Waals surface area contributed by atoms with Crippen LogP contribution in [0, 0.1) is 5.41 Å². The predicted molar refractivity (Wildman–Crippen MR) is 140 cm³/mol. The summed E-state index contributed by atoms with van der Waals surface area (Å²) in [6.45, 7) is 5.23. The number of benzene rings is 3. The molecule has 0 saturated carbocycles. The van der Waals surface area contributed by atoms with Gasteiger partial charge >= 0.3 is 0 Å². The smallest absolute Gasteiger partial charge is 0.261 e. The molecular weight excluding hydrogens is 480 g/mol. The van der Waals surface area contributed by atoms with E-state index in [1.165, 1.54) is 11.3 Å². The second kappa shape index (κ2) is 8.23. The lowest BCUT2D eigenvalue weighted by atomic mass is 9.78. The first-order valence-corrected chi connectivity index (χ1v) is 13.3. The molecule has 1 amide bonds. The second-order valence-electron chi connectivity index (χ2n) is 9.33. The minimum atomic E-state index is -0.228. The monoisotopic (exact) mass is 502 g/mol. The van der Waals surface area contributed by atoms with Crippen LogP contribution in [0.3, 0.4) is 0 Å². The van der Waals surface area contributed by atoms with Crippen molar-refractivity contribution in [3.8, 4) is 5.75 Å². The molecule has 2 aromatic heterocycles. The quantitative estimate of drug-likeness (QED) is 0.351. The normalized spacial score (nSPS) is 17.0. The Morgan fingerprint density at radius 2 is 1.97 bits per heavy atom. The Kier molecular flexibility index (Phi) is 4.99. The van der Waals surface area contributed by atoms with Crippen molar-refractivity contribution in [1.82, 2.24) is 14.9 Å². The lowest BCUT2D eigenvalue weighted by Gasteiger charge is -2.55. The number of likely N-dealkylation sites (tertiary alicyclic amines) is 1. The van der Waals surface area contributed by atoms with Crippen LogP contribution in [0.25, 0.3) is 31.2 Å². The Labute approximate surface area is 209 Å². The first-order chi connectivity index (χ1) is 17.2. The Bertz CT molecular complexity index is 1580. The topological polar surface area (TPSA) is 76.6 Å². The van der Waals surface area contributed by atoms with Gasteiger partial charge in [0.15, 0.2) is 5.13 Å². The van der Waals surface area contributed by atoms with Crippen molar-refractivity contribution < 1.29 is 14.3 Å². The number of hydrogen-bond donors (Lipinski definition) is 1. The fourth-order valence-corrected chi connectivity index (χ4v) is 6.67. The van der Waals surface area contributed by atoms with Crippen molar-refractivity contribution in [2.45, 2.75) is 0 Å². The molecule has 2 aliphatic rings. The number of carbonyl (C=O) groups is 1. The molecule has 35 heavy (non-hydrogen) atoms. The van der Waals surface area contributed by atoms with Gasteiger partial charge in [0.2, 0.25) is 0 Å². The summed E-state index contributed by atoms with van der Waals surface area (Å²) in [6, 6.07) is 15.9. The van der Waals surface area contributed by atoms with Gasteiger partial charge in [-0.2, -0.15) is 0 Å². The van der Waals surface area contributed by atoms with Gasteiger partial charge in [0.05, 0.1) is 39.2 Å². The Morgan fingerprint density at radius 3 is 2.77 bits per heavy atom. The zero-order valence-electron chi connectivity index (χ0n) is 18.8. The third-order valence-electron chi connectivity index (χ3n) is 6.77. The van der Waals surface area contributed by atoms with Crippen LogP contribution in [-0.4, -0.2) is 60.2 Å². The van der Waals surface area contributed by atoms with Crippen LogP contribution in [0.15, 0.2) is 54.0 Å². The minimum absolute atomic E-state index is 0.228. The highest BCUT2D eigenvalue weighted by Crippen LogP contribution is 2.37. The molecule has 176 valence electrons. The van der Waals surface area contributed by atoms with Crippen LogP contribution >= 0.6 is 22.7 Å². The first kappa shape index (κ1) is 21.2. The summed E-state index contributed by atoms with van der Waals surface area (Å²) in [4.78, 5) is 24.9. The zero-order valence-corrected chi connectivity index (χ0v) is 20.5. The standard InChI is InChI=1S/C26H22N4O3S2/c31-24(29-25-28-19-5-6-21-22(23(19)35-25)27-15-34-21)18-9-16-3-1-2-4-17(16)10-20(18)33-8-7-30-11-26(12-30)13-32-14-26/h1-6,9-10,15H,7-8,11-14H2,(H,28,29,31). The molecule has 0 aliphatic carbocycles. The van der Waals surface area contributed by atoms with Crippen molar-refractivity contribution in [2.75, 3.05) is 44.8 Å². The van der Waals surface area contributed by atoms with Crippen LogP contribution in [0.5, 0.6) is 5.75 Å². The maximum atomic E-state index is 13.4. The molecule has 2 saturated heterocycles. The molecule has 7 nitrogen and oxygen atoms in total. The Balaban J connectivity index is 1.13. The van der Waals surface area contributed by atoms with E-state index in [0.717, 1.165) is 64.1 Å². The molecule has 0 radical (unpaired) electrons. The van der Waals surface area contributed by atoms with Gasteiger partial charge < -0.3 is 9.47 Å². The minimum Gasteiger partial charge on any atom is -0.491 e. The molecule has 2 fully saturated rings. The molecule has 3 aromatic carbocycles. The van der Waals surface area contributed by atoms with E-state index in [4.69, 9.17) is 9.47 Å². The number of carbonyl (C=O) groups excluding carboxylic acids is 1. The lowest BCUT2D eigenvalue weighted by Crippen LogP contribution is -2.66. The number of ether oxygens (including phenoxy) is 2. The van der Waals surface area contributed by atoms with Crippen molar-refractivity contribution in [3.63, 3.8) is 0 Å². The van der Waals surface area contributed by atoms with Gasteiger partial charge in [-0.05, 0) is 35.0 Å². The molecule has 1 N–H and O–H groups in total. The van der Waals surface area contributed by atoms with E-state index in [0.29, 0.717) is 28.5 Å². The fourth-order valence-electron chi connectivity index (χ4n) is 4.97. The van der Waals surface area contributed by atoms with Gasteiger partial charge in [-0.15, -0.1) is 11.3 Å². The molecular formula is C26H22N4O3S2. The average Bonchev–Trinajstić information content (AvgIpc) is 3.45. The summed E-state index contributed by atoms with van der Waals surface area (Å²) in [7, 11) is 0. The summed E-state index contributed by atoms with van der Waals surface area (Å²) >= 11 is 3.05. The fraction of sp³-hybridized carbons (Fsp3) is 0.269. The van der Waals surface area contributed by atoms with Crippen molar-refractivity contribution in [3.05, 3.63) is 59.6 Å². The number of nitrogens with one attached hydrogen (secondary N) is 1. The number of amides is 1. The number of nitrogens with zero attached hydrogens (tertiary/aromatic N) is 3. The summed E-state index contributed by atoms with van der Waals surface area (Å²) in [5.41, 5.74) is 4.49. The zero-order chi connectivity index (χ0) is 23.4. The van der Waals surface area contributed by atoms with Crippen LogP contribution in [0.4, 0.5) is 5.13 Å². The summed E-state index contributed by atoms with van der Waals surface area (Å²) < 4.78 is 13.6. The molecule has 5 aromatic rings. The van der Waals surface area contributed by atoms with Crippen LogP contribution in [0.2, 0.25) is 0 Å². The van der Waals surface area contributed by atoms with Gasteiger partial charge in [0.1, 0.15) is 17.9 Å². The van der Waals surface area contributed by atoms with Gasteiger partial charge in [0, 0.05) is 25.0 Å².